The fraction of sp³-hybridized carbons (Fsp3) is 0.250. The van der Waals surface area contributed by atoms with Crippen molar-refractivity contribution in [1.29, 1.82) is 0 Å². The summed E-state index contributed by atoms with van der Waals surface area (Å²) < 4.78 is 5.28. The summed E-state index contributed by atoms with van der Waals surface area (Å²) in [5.74, 6) is -0.755. The van der Waals surface area contributed by atoms with Crippen molar-refractivity contribution in [2.45, 2.75) is 0 Å². The van der Waals surface area contributed by atoms with Crippen LogP contribution < -0.4 is 15.8 Å². The minimum atomic E-state index is -0.644. The van der Waals surface area contributed by atoms with Gasteiger partial charge in [0.05, 0.1) is 24.4 Å². The quantitative estimate of drug-likeness (QED) is 0.767. The Balaban J connectivity index is 1.67. The SMILES string of the molecule is O=C(NNC(=O)c1nc(N2CCOCC2)ncc1Cl)c1ccc(Cl)cc1. The largest absolute Gasteiger partial charge is 0.378 e. The Morgan fingerprint density at radius 1 is 1.04 bits per heavy atom. The number of rotatable bonds is 3. The van der Waals surface area contributed by atoms with Gasteiger partial charge >= 0.3 is 0 Å². The number of ether oxygens (including phenoxy) is 1. The summed E-state index contributed by atoms with van der Waals surface area (Å²) in [5.41, 5.74) is 4.92. The van der Waals surface area contributed by atoms with Crippen LogP contribution in [0.2, 0.25) is 10.0 Å². The standard InChI is InChI=1S/C16H15Cl2N5O3/c17-11-3-1-10(2-4-11)14(24)21-22-15(25)13-12(18)9-19-16(20-13)23-5-7-26-8-6-23/h1-4,9H,5-8H2,(H,21,24)(H,22,25). The van der Waals surface area contributed by atoms with E-state index in [9.17, 15) is 9.59 Å². The molecule has 1 saturated heterocycles. The van der Waals surface area contributed by atoms with Crippen molar-refractivity contribution in [2.24, 2.45) is 0 Å². The molecule has 0 atom stereocenters. The number of nitrogens with one attached hydrogen (secondary N) is 2. The first-order valence-electron chi connectivity index (χ1n) is 7.76. The Morgan fingerprint density at radius 3 is 2.38 bits per heavy atom. The number of carbonyl (C=O) groups is 2. The average Bonchev–Trinajstić information content (AvgIpc) is 2.67. The van der Waals surface area contributed by atoms with Crippen LogP contribution in [0.1, 0.15) is 20.8 Å². The topological polar surface area (TPSA) is 96.5 Å². The van der Waals surface area contributed by atoms with Gasteiger partial charge in [0, 0.05) is 23.7 Å². The molecule has 0 unspecified atom stereocenters. The van der Waals surface area contributed by atoms with Gasteiger partial charge in [0.25, 0.3) is 11.8 Å². The Labute approximate surface area is 159 Å². The zero-order chi connectivity index (χ0) is 18.5. The Morgan fingerprint density at radius 2 is 1.69 bits per heavy atom. The highest BCUT2D eigenvalue weighted by Crippen LogP contribution is 2.17. The van der Waals surface area contributed by atoms with E-state index < -0.39 is 11.8 Å². The molecule has 1 aliphatic rings. The van der Waals surface area contributed by atoms with Crippen LogP contribution >= 0.6 is 23.2 Å². The van der Waals surface area contributed by atoms with Gasteiger partial charge in [-0.25, -0.2) is 9.97 Å². The summed E-state index contributed by atoms with van der Waals surface area (Å²) in [5, 5.41) is 0.592. The first-order chi connectivity index (χ1) is 12.5. The summed E-state index contributed by atoms with van der Waals surface area (Å²) in [4.78, 5) is 34.6. The van der Waals surface area contributed by atoms with E-state index in [0.29, 0.717) is 42.8 Å². The summed E-state index contributed by atoms with van der Waals surface area (Å²) in [6.07, 6.45) is 1.36. The highest BCUT2D eigenvalue weighted by molar-refractivity contribution is 6.33. The van der Waals surface area contributed by atoms with E-state index in [1.807, 2.05) is 4.90 Å². The molecule has 2 amide bonds. The molecule has 136 valence electrons. The van der Waals surface area contributed by atoms with E-state index in [4.69, 9.17) is 27.9 Å². The minimum Gasteiger partial charge on any atom is -0.378 e. The number of hydrogen-bond donors (Lipinski definition) is 2. The maximum absolute atomic E-state index is 12.3. The summed E-state index contributed by atoms with van der Waals surface area (Å²) in [6.45, 7) is 2.36. The maximum atomic E-state index is 12.3. The molecule has 1 aromatic carbocycles. The van der Waals surface area contributed by atoms with Gasteiger partial charge in [-0.1, -0.05) is 23.2 Å². The molecular formula is C16H15Cl2N5O3. The number of hydrazine groups is 1. The van der Waals surface area contributed by atoms with Crippen molar-refractivity contribution in [2.75, 3.05) is 31.2 Å². The third-order valence-corrected chi connectivity index (χ3v) is 4.16. The molecule has 2 aromatic rings. The molecule has 10 heteroatoms. The first-order valence-corrected chi connectivity index (χ1v) is 8.51. The van der Waals surface area contributed by atoms with Crippen LogP contribution in [-0.4, -0.2) is 48.1 Å². The van der Waals surface area contributed by atoms with Crippen LogP contribution in [0.25, 0.3) is 0 Å². The van der Waals surface area contributed by atoms with E-state index in [2.05, 4.69) is 20.8 Å². The molecule has 26 heavy (non-hydrogen) atoms. The molecule has 0 aliphatic carbocycles. The van der Waals surface area contributed by atoms with Crippen molar-refractivity contribution in [3.05, 3.63) is 51.8 Å². The van der Waals surface area contributed by atoms with Crippen LogP contribution in [0.4, 0.5) is 5.95 Å². The van der Waals surface area contributed by atoms with Gasteiger partial charge in [0.2, 0.25) is 5.95 Å². The summed E-state index contributed by atoms with van der Waals surface area (Å²) in [6, 6.07) is 6.23. The van der Waals surface area contributed by atoms with Crippen molar-refractivity contribution in [1.82, 2.24) is 20.8 Å². The third-order valence-electron chi connectivity index (χ3n) is 3.64. The van der Waals surface area contributed by atoms with E-state index in [-0.39, 0.29) is 10.7 Å². The van der Waals surface area contributed by atoms with Crippen LogP contribution in [0.5, 0.6) is 0 Å². The highest BCUT2D eigenvalue weighted by atomic mass is 35.5. The molecule has 3 rings (SSSR count). The molecule has 1 fully saturated rings. The smallest absolute Gasteiger partial charge is 0.290 e. The predicted molar refractivity (Wildman–Crippen MR) is 96.5 cm³/mol. The fourth-order valence-electron chi connectivity index (χ4n) is 2.28. The summed E-state index contributed by atoms with van der Waals surface area (Å²) >= 11 is 11.8. The van der Waals surface area contributed by atoms with Crippen LogP contribution in [0, 0.1) is 0 Å². The molecule has 1 aromatic heterocycles. The van der Waals surface area contributed by atoms with E-state index >= 15 is 0 Å². The van der Waals surface area contributed by atoms with Gasteiger partial charge in [0.15, 0.2) is 5.69 Å². The first kappa shape index (κ1) is 18.4. The highest BCUT2D eigenvalue weighted by Gasteiger charge is 2.19. The zero-order valence-electron chi connectivity index (χ0n) is 13.5. The van der Waals surface area contributed by atoms with Crippen LogP contribution in [0.3, 0.4) is 0 Å². The molecule has 2 N–H and O–H groups in total. The number of morpholine rings is 1. The van der Waals surface area contributed by atoms with Gasteiger partial charge in [0.1, 0.15) is 0 Å². The van der Waals surface area contributed by atoms with E-state index in [0.717, 1.165) is 0 Å². The summed E-state index contributed by atoms with van der Waals surface area (Å²) in [7, 11) is 0. The van der Waals surface area contributed by atoms with Gasteiger partial charge in [-0.05, 0) is 24.3 Å². The number of amides is 2. The molecular weight excluding hydrogens is 381 g/mol. The lowest BCUT2D eigenvalue weighted by molar-refractivity contribution is 0.0844. The number of benzene rings is 1. The molecule has 8 nitrogen and oxygen atoms in total. The van der Waals surface area contributed by atoms with Crippen molar-refractivity contribution in [3.63, 3.8) is 0 Å². The lowest BCUT2D eigenvalue weighted by Gasteiger charge is -2.26. The number of nitrogens with zero attached hydrogens (tertiary/aromatic N) is 3. The number of anilines is 1. The van der Waals surface area contributed by atoms with Gasteiger partial charge in [-0.15, -0.1) is 0 Å². The molecule has 0 radical (unpaired) electrons. The number of hydrogen-bond acceptors (Lipinski definition) is 6. The van der Waals surface area contributed by atoms with Crippen molar-refractivity contribution < 1.29 is 14.3 Å². The second-order valence-electron chi connectivity index (χ2n) is 5.38. The zero-order valence-corrected chi connectivity index (χ0v) is 15.0. The lowest BCUT2D eigenvalue weighted by Crippen LogP contribution is -2.42. The van der Waals surface area contributed by atoms with Gasteiger partial charge < -0.3 is 9.64 Å². The number of carbonyl (C=O) groups excluding carboxylic acids is 2. The predicted octanol–water partition coefficient (Wildman–Crippen LogP) is 1.69. The molecule has 0 spiro atoms. The Kier molecular flexibility index (Phi) is 5.87. The normalized spacial score (nSPS) is 14.0. The van der Waals surface area contributed by atoms with Crippen LogP contribution in [-0.2, 0) is 4.74 Å². The van der Waals surface area contributed by atoms with Crippen molar-refractivity contribution >= 4 is 41.0 Å². The molecule has 1 aliphatic heterocycles. The Bertz CT molecular complexity index is 810. The van der Waals surface area contributed by atoms with E-state index in [1.165, 1.54) is 18.3 Å². The van der Waals surface area contributed by atoms with Crippen LogP contribution in [0.15, 0.2) is 30.5 Å². The number of aromatic nitrogens is 2. The van der Waals surface area contributed by atoms with Gasteiger partial charge in [-0.2, -0.15) is 0 Å². The molecule has 2 heterocycles. The molecule has 0 bridgehead atoms. The Hall–Kier alpha value is -2.42. The van der Waals surface area contributed by atoms with E-state index in [1.54, 1.807) is 12.1 Å². The van der Waals surface area contributed by atoms with Crippen molar-refractivity contribution in [3.8, 4) is 0 Å². The average molecular weight is 396 g/mol. The maximum Gasteiger partial charge on any atom is 0.290 e. The van der Waals surface area contributed by atoms with Gasteiger partial charge in [-0.3, -0.25) is 20.4 Å². The monoisotopic (exact) mass is 395 g/mol. The number of halogens is 2. The fourth-order valence-corrected chi connectivity index (χ4v) is 2.58. The third kappa shape index (κ3) is 4.40. The second kappa shape index (κ2) is 8.31. The minimum absolute atomic E-state index is 0.0282. The molecule has 0 saturated carbocycles. The second-order valence-corrected chi connectivity index (χ2v) is 6.22. The lowest BCUT2D eigenvalue weighted by atomic mass is 10.2.